The summed E-state index contributed by atoms with van der Waals surface area (Å²) in [4.78, 5) is 4.10. The molecule has 2 aromatic rings. The number of pyridine rings is 1. The van der Waals surface area contributed by atoms with Gasteiger partial charge in [0.1, 0.15) is 17.6 Å². The van der Waals surface area contributed by atoms with Crippen molar-refractivity contribution in [2.45, 2.75) is 33.0 Å². The van der Waals surface area contributed by atoms with Gasteiger partial charge in [-0.1, -0.05) is 12.1 Å². The third-order valence-corrected chi connectivity index (χ3v) is 2.93. The molecule has 1 atom stereocenters. The molecule has 4 heteroatoms. The molecule has 0 saturated carbocycles. The summed E-state index contributed by atoms with van der Waals surface area (Å²) in [6.07, 6.45) is 2.68. The Morgan fingerprint density at radius 2 is 1.76 bits per heavy atom. The Labute approximate surface area is 125 Å². The second-order valence-electron chi connectivity index (χ2n) is 5.03. The van der Waals surface area contributed by atoms with Gasteiger partial charge in [-0.2, -0.15) is 0 Å². The Morgan fingerprint density at radius 3 is 2.38 bits per heavy atom. The van der Waals surface area contributed by atoms with Crippen molar-refractivity contribution in [1.29, 1.82) is 0 Å². The molecule has 0 spiro atoms. The first-order valence-electron chi connectivity index (χ1n) is 7.12. The monoisotopic (exact) mass is 287 g/mol. The number of hydrogen-bond donors (Lipinski definition) is 1. The van der Waals surface area contributed by atoms with E-state index in [1.165, 1.54) is 0 Å². The van der Waals surface area contributed by atoms with Crippen LogP contribution in [-0.2, 0) is 0 Å². The Morgan fingerprint density at radius 1 is 1.05 bits per heavy atom. The number of nitrogens with zero attached hydrogens (tertiary/aromatic N) is 1. The van der Waals surface area contributed by atoms with Crippen LogP contribution in [0.2, 0.25) is 0 Å². The van der Waals surface area contributed by atoms with E-state index in [1.54, 1.807) is 18.5 Å². The maximum absolute atomic E-state index is 10.4. The lowest BCUT2D eigenvalue weighted by Gasteiger charge is -2.14. The number of ether oxygens (including phenoxy) is 2. The van der Waals surface area contributed by atoms with Crippen molar-refractivity contribution < 1.29 is 14.6 Å². The van der Waals surface area contributed by atoms with Crippen LogP contribution in [0.5, 0.6) is 11.5 Å². The zero-order valence-electron chi connectivity index (χ0n) is 12.6. The van der Waals surface area contributed by atoms with Crippen LogP contribution in [-0.4, -0.2) is 22.8 Å². The Kier molecular flexibility index (Phi) is 5.17. The maximum Gasteiger partial charge on any atom is 0.137 e. The molecule has 0 aliphatic carbocycles. The molecular weight excluding hydrogens is 266 g/mol. The van der Waals surface area contributed by atoms with Crippen LogP contribution >= 0.6 is 0 Å². The van der Waals surface area contributed by atoms with Gasteiger partial charge in [0.15, 0.2) is 0 Å². The van der Waals surface area contributed by atoms with Gasteiger partial charge in [0.25, 0.3) is 0 Å². The Bertz CT molecular complexity index is 567. The number of benzene rings is 1. The molecule has 4 nitrogen and oxygen atoms in total. The highest BCUT2D eigenvalue weighted by Gasteiger charge is 2.12. The highest BCUT2D eigenvalue weighted by atomic mass is 16.5. The SMILES string of the molecule is CCOc1cncc(C(O)c2ccc(OC(C)C)cc2)c1. The van der Waals surface area contributed by atoms with Crippen LogP contribution in [0.4, 0.5) is 0 Å². The maximum atomic E-state index is 10.4. The topological polar surface area (TPSA) is 51.6 Å². The summed E-state index contributed by atoms with van der Waals surface area (Å²) in [5.41, 5.74) is 1.50. The average Bonchev–Trinajstić information content (AvgIpc) is 2.47. The van der Waals surface area contributed by atoms with Gasteiger partial charge in [-0.3, -0.25) is 4.98 Å². The normalized spacial score (nSPS) is 12.2. The van der Waals surface area contributed by atoms with Gasteiger partial charge in [0.05, 0.1) is 18.9 Å². The molecule has 0 amide bonds. The van der Waals surface area contributed by atoms with Crippen molar-refractivity contribution in [3.63, 3.8) is 0 Å². The Balaban J connectivity index is 2.15. The second-order valence-corrected chi connectivity index (χ2v) is 5.03. The molecule has 0 radical (unpaired) electrons. The van der Waals surface area contributed by atoms with Gasteiger partial charge >= 0.3 is 0 Å². The standard InChI is InChI=1S/C17H21NO3/c1-4-20-16-9-14(10-18-11-16)17(19)13-5-7-15(8-6-13)21-12(2)3/h5-12,17,19H,4H2,1-3H3. The fourth-order valence-electron chi connectivity index (χ4n) is 2.02. The van der Waals surface area contributed by atoms with Crippen molar-refractivity contribution in [2.75, 3.05) is 6.61 Å². The molecule has 0 aliphatic heterocycles. The van der Waals surface area contributed by atoms with Crippen molar-refractivity contribution in [3.8, 4) is 11.5 Å². The number of aromatic nitrogens is 1. The first-order chi connectivity index (χ1) is 10.1. The molecule has 112 valence electrons. The first kappa shape index (κ1) is 15.3. The summed E-state index contributed by atoms with van der Waals surface area (Å²) >= 11 is 0. The molecule has 1 aromatic heterocycles. The van der Waals surface area contributed by atoms with E-state index < -0.39 is 6.10 Å². The smallest absolute Gasteiger partial charge is 0.137 e. The fraction of sp³-hybridized carbons (Fsp3) is 0.353. The van der Waals surface area contributed by atoms with Gasteiger partial charge in [-0.15, -0.1) is 0 Å². The van der Waals surface area contributed by atoms with E-state index in [2.05, 4.69) is 4.98 Å². The highest BCUT2D eigenvalue weighted by Crippen LogP contribution is 2.26. The second kappa shape index (κ2) is 7.09. The van der Waals surface area contributed by atoms with Crippen LogP contribution in [0.3, 0.4) is 0 Å². The van der Waals surface area contributed by atoms with E-state index in [-0.39, 0.29) is 6.10 Å². The number of rotatable bonds is 6. The molecule has 0 bridgehead atoms. The van der Waals surface area contributed by atoms with Gasteiger partial charge in [0.2, 0.25) is 0 Å². The molecule has 0 fully saturated rings. The molecule has 2 rings (SSSR count). The van der Waals surface area contributed by atoms with Crippen LogP contribution in [0.15, 0.2) is 42.7 Å². The molecule has 1 heterocycles. The van der Waals surface area contributed by atoms with Crippen LogP contribution in [0.25, 0.3) is 0 Å². The van der Waals surface area contributed by atoms with Gasteiger partial charge in [0, 0.05) is 11.8 Å². The van der Waals surface area contributed by atoms with Gasteiger partial charge in [-0.25, -0.2) is 0 Å². The van der Waals surface area contributed by atoms with E-state index in [0.29, 0.717) is 17.9 Å². The third-order valence-electron chi connectivity index (χ3n) is 2.93. The van der Waals surface area contributed by atoms with Crippen molar-refractivity contribution in [2.24, 2.45) is 0 Å². The van der Waals surface area contributed by atoms with Crippen molar-refractivity contribution >= 4 is 0 Å². The van der Waals surface area contributed by atoms with E-state index >= 15 is 0 Å². The van der Waals surface area contributed by atoms with Crippen LogP contribution in [0.1, 0.15) is 38.0 Å². The van der Waals surface area contributed by atoms with E-state index in [1.807, 2.05) is 45.0 Å². The quantitative estimate of drug-likeness (QED) is 0.885. The first-order valence-corrected chi connectivity index (χ1v) is 7.12. The summed E-state index contributed by atoms with van der Waals surface area (Å²) in [6.45, 7) is 6.44. The largest absolute Gasteiger partial charge is 0.492 e. The molecule has 0 saturated heterocycles. The molecular formula is C17H21NO3. The number of aliphatic hydroxyl groups excluding tert-OH is 1. The minimum Gasteiger partial charge on any atom is -0.492 e. The minimum atomic E-state index is -0.731. The van der Waals surface area contributed by atoms with Crippen molar-refractivity contribution in [3.05, 3.63) is 53.9 Å². The predicted octanol–water partition coefficient (Wildman–Crippen LogP) is 3.35. The lowest BCUT2D eigenvalue weighted by molar-refractivity contribution is 0.218. The van der Waals surface area contributed by atoms with E-state index in [4.69, 9.17) is 9.47 Å². The number of hydrogen-bond acceptors (Lipinski definition) is 4. The zero-order chi connectivity index (χ0) is 15.2. The Hall–Kier alpha value is -2.07. The van der Waals surface area contributed by atoms with Crippen LogP contribution < -0.4 is 9.47 Å². The number of aliphatic hydroxyl groups is 1. The van der Waals surface area contributed by atoms with E-state index in [9.17, 15) is 5.11 Å². The predicted molar refractivity (Wildman–Crippen MR) is 81.7 cm³/mol. The minimum absolute atomic E-state index is 0.132. The summed E-state index contributed by atoms with van der Waals surface area (Å²) in [5, 5.41) is 10.4. The third kappa shape index (κ3) is 4.20. The molecule has 21 heavy (non-hydrogen) atoms. The average molecular weight is 287 g/mol. The summed E-state index contributed by atoms with van der Waals surface area (Å²) in [5.74, 6) is 1.45. The molecule has 1 aromatic carbocycles. The van der Waals surface area contributed by atoms with Gasteiger partial charge in [-0.05, 0) is 44.5 Å². The summed E-state index contributed by atoms with van der Waals surface area (Å²) in [6, 6.07) is 9.24. The molecule has 0 aliphatic rings. The summed E-state index contributed by atoms with van der Waals surface area (Å²) < 4.78 is 11.0. The van der Waals surface area contributed by atoms with Crippen molar-refractivity contribution in [1.82, 2.24) is 4.98 Å². The van der Waals surface area contributed by atoms with Crippen LogP contribution in [0, 0.1) is 0 Å². The lowest BCUT2D eigenvalue weighted by Crippen LogP contribution is -2.06. The van der Waals surface area contributed by atoms with E-state index in [0.717, 1.165) is 11.3 Å². The lowest BCUT2D eigenvalue weighted by atomic mass is 10.0. The molecule has 1 unspecified atom stereocenters. The fourth-order valence-corrected chi connectivity index (χ4v) is 2.02. The summed E-state index contributed by atoms with van der Waals surface area (Å²) in [7, 11) is 0. The molecule has 1 N–H and O–H groups in total. The highest BCUT2D eigenvalue weighted by molar-refractivity contribution is 5.35. The van der Waals surface area contributed by atoms with Gasteiger partial charge < -0.3 is 14.6 Å². The zero-order valence-corrected chi connectivity index (χ0v) is 12.6.